The van der Waals surface area contributed by atoms with Crippen LogP contribution in [-0.2, 0) is 0 Å². The second-order valence-electron chi connectivity index (χ2n) is 4.18. The first kappa shape index (κ1) is 12.8. The van der Waals surface area contributed by atoms with Crippen LogP contribution in [0.1, 0.15) is 0 Å². The van der Waals surface area contributed by atoms with E-state index >= 15 is 0 Å². The third-order valence-corrected chi connectivity index (χ3v) is 3.70. The van der Waals surface area contributed by atoms with E-state index in [1.165, 1.54) is 0 Å². The molecule has 0 bridgehead atoms. The summed E-state index contributed by atoms with van der Waals surface area (Å²) in [5.41, 5.74) is 3.66. The highest BCUT2D eigenvalue weighted by Crippen LogP contribution is 2.26. The van der Waals surface area contributed by atoms with Gasteiger partial charge in [-0.3, -0.25) is 10.7 Å². The van der Waals surface area contributed by atoms with Crippen molar-refractivity contribution in [2.45, 2.75) is 9.92 Å². The minimum absolute atomic E-state index is 0.635. The first-order valence-electron chi connectivity index (χ1n) is 6.14. The largest absolute Gasteiger partial charge is 0.291 e. The van der Waals surface area contributed by atoms with Gasteiger partial charge in [-0.15, -0.1) is 0 Å². The fourth-order valence-corrected chi connectivity index (χ4v) is 2.63. The minimum Gasteiger partial charge on any atom is -0.291 e. The minimum atomic E-state index is 0.635. The van der Waals surface area contributed by atoms with E-state index in [9.17, 15) is 0 Å². The predicted octanol–water partition coefficient (Wildman–Crippen LogP) is 3.82. The van der Waals surface area contributed by atoms with Crippen LogP contribution in [0.2, 0.25) is 0 Å². The van der Waals surface area contributed by atoms with Crippen LogP contribution in [0.25, 0.3) is 5.69 Å². The highest BCUT2D eigenvalue weighted by molar-refractivity contribution is 7.99. The summed E-state index contributed by atoms with van der Waals surface area (Å²) in [6.45, 7) is 0. The quantitative estimate of drug-likeness (QED) is 0.715. The van der Waals surface area contributed by atoms with Gasteiger partial charge in [-0.1, -0.05) is 36.0 Å². The van der Waals surface area contributed by atoms with Crippen molar-refractivity contribution < 1.29 is 5.21 Å². The Labute approximate surface area is 121 Å². The van der Waals surface area contributed by atoms with Gasteiger partial charge in [0.25, 0.3) is 0 Å². The summed E-state index contributed by atoms with van der Waals surface area (Å²) >= 11 is 1.62. The van der Waals surface area contributed by atoms with E-state index < -0.39 is 0 Å². The van der Waals surface area contributed by atoms with Crippen LogP contribution in [0.15, 0.2) is 76.8 Å². The van der Waals surface area contributed by atoms with Gasteiger partial charge in [-0.2, -0.15) is 5.10 Å². The number of nitrogens with zero attached hydrogens (tertiary/aromatic N) is 2. The Balaban J connectivity index is 1.83. The van der Waals surface area contributed by atoms with Gasteiger partial charge in [0, 0.05) is 11.1 Å². The van der Waals surface area contributed by atoms with Gasteiger partial charge in [0.05, 0.1) is 11.4 Å². The molecule has 3 aromatic rings. The van der Waals surface area contributed by atoms with Crippen molar-refractivity contribution in [3.05, 3.63) is 66.9 Å². The molecule has 0 amide bonds. The van der Waals surface area contributed by atoms with Crippen LogP contribution >= 0.6 is 11.8 Å². The van der Waals surface area contributed by atoms with Gasteiger partial charge in [0.2, 0.25) is 0 Å². The van der Waals surface area contributed by atoms with Crippen molar-refractivity contribution in [1.29, 1.82) is 0 Å². The second kappa shape index (κ2) is 5.81. The van der Waals surface area contributed by atoms with Gasteiger partial charge in [0.15, 0.2) is 0 Å². The monoisotopic (exact) mass is 283 g/mol. The van der Waals surface area contributed by atoms with Crippen LogP contribution in [-0.4, -0.2) is 15.0 Å². The number of benzene rings is 2. The molecule has 0 fully saturated rings. The van der Waals surface area contributed by atoms with E-state index in [2.05, 4.69) is 22.7 Å². The summed E-state index contributed by atoms with van der Waals surface area (Å²) in [5, 5.41) is 14.4. The Morgan fingerprint density at radius 3 is 2.65 bits per heavy atom. The lowest BCUT2D eigenvalue weighted by Crippen LogP contribution is -1.96. The lowest BCUT2D eigenvalue weighted by molar-refractivity contribution is 0.389. The lowest BCUT2D eigenvalue weighted by atomic mass is 10.3. The molecule has 0 aliphatic heterocycles. The average molecular weight is 283 g/mol. The molecular weight excluding hydrogens is 270 g/mol. The standard InChI is InChI=1S/C15H13N3OS/c19-17-12-5-4-6-13(11-12)18-10-9-15(16-18)20-14-7-2-1-3-8-14/h1-11,17,19H. The number of nitrogens with one attached hydrogen (secondary N) is 1. The Kier molecular flexibility index (Phi) is 3.71. The Bertz CT molecular complexity index is 697. The summed E-state index contributed by atoms with van der Waals surface area (Å²) in [6, 6.07) is 19.5. The van der Waals surface area contributed by atoms with Crippen LogP contribution < -0.4 is 5.48 Å². The molecule has 1 heterocycles. The number of aromatic nitrogens is 2. The van der Waals surface area contributed by atoms with Crippen molar-refractivity contribution in [3.8, 4) is 5.69 Å². The Hall–Kier alpha value is -2.24. The number of anilines is 1. The normalized spacial score (nSPS) is 10.4. The van der Waals surface area contributed by atoms with Gasteiger partial charge >= 0.3 is 0 Å². The molecule has 0 saturated carbocycles. The highest BCUT2D eigenvalue weighted by atomic mass is 32.2. The van der Waals surface area contributed by atoms with E-state index in [0.29, 0.717) is 5.69 Å². The molecule has 0 spiro atoms. The zero-order chi connectivity index (χ0) is 13.8. The van der Waals surface area contributed by atoms with Crippen molar-refractivity contribution in [2.75, 3.05) is 5.48 Å². The molecule has 0 unspecified atom stereocenters. The summed E-state index contributed by atoms with van der Waals surface area (Å²) in [5.74, 6) is 0. The number of hydrogen-bond donors (Lipinski definition) is 2. The van der Waals surface area contributed by atoms with Gasteiger partial charge < -0.3 is 0 Å². The van der Waals surface area contributed by atoms with Crippen LogP contribution in [0, 0.1) is 0 Å². The molecule has 2 N–H and O–H groups in total. The van der Waals surface area contributed by atoms with E-state index in [-0.39, 0.29) is 0 Å². The van der Waals surface area contributed by atoms with Crippen molar-refractivity contribution in [2.24, 2.45) is 0 Å². The Morgan fingerprint density at radius 2 is 1.85 bits per heavy atom. The maximum absolute atomic E-state index is 8.93. The molecule has 2 aromatic carbocycles. The number of hydrogen-bond acceptors (Lipinski definition) is 4. The molecule has 0 aliphatic carbocycles. The molecule has 4 nitrogen and oxygen atoms in total. The topological polar surface area (TPSA) is 50.1 Å². The third-order valence-electron chi connectivity index (χ3n) is 2.77. The zero-order valence-electron chi connectivity index (χ0n) is 10.6. The molecule has 3 rings (SSSR count). The molecule has 0 saturated heterocycles. The second-order valence-corrected chi connectivity index (χ2v) is 5.27. The summed E-state index contributed by atoms with van der Waals surface area (Å²) in [4.78, 5) is 1.16. The van der Waals surface area contributed by atoms with Crippen molar-refractivity contribution >= 4 is 17.4 Å². The molecule has 100 valence electrons. The predicted molar refractivity (Wildman–Crippen MR) is 79.5 cm³/mol. The van der Waals surface area contributed by atoms with Crippen LogP contribution in [0.5, 0.6) is 0 Å². The highest BCUT2D eigenvalue weighted by Gasteiger charge is 2.03. The molecule has 0 radical (unpaired) electrons. The summed E-state index contributed by atoms with van der Waals surface area (Å²) < 4.78 is 1.78. The molecule has 20 heavy (non-hydrogen) atoms. The molecule has 1 aromatic heterocycles. The van der Waals surface area contributed by atoms with E-state index in [1.807, 2.05) is 48.7 Å². The molecule has 5 heteroatoms. The fraction of sp³-hybridized carbons (Fsp3) is 0. The third kappa shape index (κ3) is 2.84. The summed E-state index contributed by atoms with van der Waals surface area (Å²) in [6.07, 6.45) is 1.90. The van der Waals surface area contributed by atoms with Gasteiger partial charge in [0.1, 0.15) is 5.03 Å². The average Bonchev–Trinajstić information content (AvgIpc) is 2.97. The van der Waals surface area contributed by atoms with E-state index in [1.54, 1.807) is 22.5 Å². The van der Waals surface area contributed by atoms with E-state index in [0.717, 1.165) is 15.6 Å². The molecular formula is C15H13N3OS. The molecule has 0 aliphatic rings. The maximum Gasteiger partial charge on any atom is 0.123 e. The van der Waals surface area contributed by atoms with Crippen LogP contribution in [0.3, 0.4) is 0 Å². The van der Waals surface area contributed by atoms with Gasteiger partial charge in [-0.05, 0) is 36.4 Å². The Morgan fingerprint density at radius 1 is 1.00 bits per heavy atom. The first-order chi connectivity index (χ1) is 9.85. The molecule has 0 atom stereocenters. The SMILES string of the molecule is ONc1cccc(-n2ccc(Sc3ccccc3)n2)c1. The lowest BCUT2D eigenvalue weighted by Gasteiger charge is -2.04. The smallest absolute Gasteiger partial charge is 0.123 e. The zero-order valence-corrected chi connectivity index (χ0v) is 11.4. The maximum atomic E-state index is 8.93. The van der Waals surface area contributed by atoms with Crippen LogP contribution in [0.4, 0.5) is 5.69 Å². The summed E-state index contributed by atoms with van der Waals surface area (Å²) in [7, 11) is 0. The van der Waals surface area contributed by atoms with E-state index in [4.69, 9.17) is 5.21 Å². The van der Waals surface area contributed by atoms with Gasteiger partial charge in [-0.25, -0.2) is 4.68 Å². The fourth-order valence-electron chi connectivity index (χ4n) is 1.83. The number of rotatable bonds is 4. The van der Waals surface area contributed by atoms with Crippen molar-refractivity contribution in [1.82, 2.24) is 9.78 Å². The van der Waals surface area contributed by atoms with Crippen molar-refractivity contribution in [3.63, 3.8) is 0 Å². The first-order valence-corrected chi connectivity index (χ1v) is 6.96.